The molecule has 0 fully saturated rings. The van der Waals surface area contributed by atoms with Crippen molar-refractivity contribution in [3.05, 3.63) is 0 Å². The summed E-state index contributed by atoms with van der Waals surface area (Å²) in [5.41, 5.74) is 0.0864. The molecule has 0 rings (SSSR count). The highest BCUT2D eigenvalue weighted by molar-refractivity contribution is 6.73. The van der Waals surface area contributed by atoms with Crippen molar-refractivity contribution < 1.29 is 18.4 Å². The summed E-state index contributed by atoms with van der Waals surface area (Å²) in [6, 6.07) is 0. The summed E-state index contributed by atoms with van der Waals surface area (Å²) in [6.07, 6.45) is 22.8. The van der Waals surface area contributed by atoms with Crippen molar-refractivity contribution in [1.82, 2.24) is 0 Å². The third-order valence-electron chi connectivity index (χ3n) is 7.13. The standard InChI is InChI=1S/C30H60O4Si/c1-7-9-11-13-15-17-19-21-23-25-29(31)33-35(27(3)4,28(5)6)34-30(32)26-24-22-20-18-16-14-12-10-8-2/h27-28H,7-26H2,1-6H3. The van der Waals surface area contributed by atoms with Gasteiger partial charge in [0.1, 0.15) is 0 Å². The molecule has 0 heterocycles. The highest BCUT2D eigenvalue weighted by Crippen LogP contribution is 2.35. The van der Waals surface area contributed by atoms with E-state index in [0.29, 0.717) is 12.8 Å². The van der Waals surface area contributed by atoms with Crippen molar-refractivity contribution in [3.63, 3.8) is 0 Å². The fourth-order valence-electron chi connectivity index (χ4n) is 4.78. The van der Waals surface area contributed by atoms with E-state index in [1.165, 1.54) is 89.9 Å². The van der Waals surface area contributed by atoms with Gasteiger partial charge in [-0.05, 0) is 12.8 Å². The van der Waals surface area contributed by atoms with Crippen LogP contribution in [0.4, 0.5) is 0 Å². The molecule has 0 aromatic heterocycles. The summed E-state index contributed by atoms with van der Waals surface area (Å²) in [5, 5.41) is 0. The van der Waals surface area contributed by atoms with Crippen LogP contribution in [-0.4, -0.2) is 20.5 Å². The number of hydrogen-bond donors (Lipinski definition) is 0. The number of carbonyl (C=O) groups is 2. The van der Waals surface area contributed by atoms with Crippen LogP contribution in [0.25, 0.3) is 0 Å². The molecule has 5 heteroatoms. The van der Waals surface area contributed by atoms with Crippen molar-refractivity contribution in [2.75, 3.05) is 0 Å². The van der Waals surface area contributed by atoms with Crippen LogP contribution in [0.5, 0.6) is 0 Å². The average Bonchev–Trinajstić information content (AvgIpc) is 2.81. The molecule has 0 radical (unpaired) electrons. The smallest absolute Gasteiger partial charge is 0.469 e. The molecule has 0 unspecified atom stereocenters. The molecule has 208 valence electrons. The molecular weight excluding hydrogens is 452 g/mol. The van der Waals surface area contributed by atoms with E-state index in [1.54, 1.807) is 0 Å². The first-order chi connectivity index (χ1) is 16.8. The Kier molecular flexibility index (Phi) is 21.8. The maximum atomic E-state index is 12.7. The van der Waals surface area contributed by atoms with Crippen molar-refractivity contribution in [3.8, 4) is 0 Å². The molecule has 0 aliphatic heterocycles. The molecular formula is C30H60O4Si. The van der Waals surface area contributed by atoms with Crippen LogP contribution in [0.1, 0.15) is 170 Å². The van der Waals surface area contributed by atoms with Crippen LogP contribution in [0.15, 0.2) is 0 Å². The van der Waals surface area contributed by atoms with E-state index in [9.17, 15) is 9.59 Å². The van der Waals surface area contributed by atoms with Crippen molar-refractivity contribution in [1.29, 1.82) is 0 Å². The van der Waals surface area contributed by atoms with E-state index in [2.05, 4.69) is 13.8 Å². The molecule has 0 aromatic rings. The van der Waals surface area contributed by atoms with E-state index in [-0.39, 0.29) is 23.0 Å². The van der Waals surface area contributed by atoms with Gasteiger partial charge in [0.2, 0.25) is 0 Å². The number of unbranched alkanes of at least 4 members (excludes halogenated alkanes) is 16. The van der Waals surface area contributed by atoms with Gasteiger partial charge < -0.3 is 8.85 Å². The van der Waals surface area contributed by atoms with Crippen LogP contribution in [0.3, 0.4) is 0 Å². The van der Waals surface area contributed by atoms with Crippen LogP contribution in [0, 0.1) is 0 Å². The first-order valence-corrected chi connectivity index (χ1v) is 17.2. The van der Waals surface area contributed by atoms with Gasteiger partial charge in [-0.1, -0.05) is 144 Å². The van der Waals surface area contributed by atoms with Gasteiger partial charge in [-0.3, -0.25) is 9.59 Å². The van der Waals surface area contributed by atoms with E-state index in [4.69, 9.17) is 8.85 Å². The minimum Gasteiger partial charge on any atom is -0.484 e. The predicted molar refractivity (Wildman–Crippen MR) is 152 cm³/mol. The SMILES string of the molecule is CCCCCCCCCCCC(=O)O[Si](OC(=O)CCCCCCCCCCC)(C(C)C)C(C)C. The van der Waals surface area contributed by atoms with E-state index < -0.39 is 8.56 Å². The highest BCUT2D eigenvalue weighted by Gasteiger charge is 2.51. The first-order valence-electron chi connectivity index (χ1n) is 15.2. The van der Waals surface area contributed by atoms with Crippen molar-refractivity contribution in [2.24, 2.45) is 0 Å². The van der Waals surface area contributed by atoms with Gasteiger partial charge in [0.15, 0.2) is 0 Å². The molecule has 0 saturated heterocycles. The topological polar surface area (TPSA) is 52.6 Å². The Morgan fingerprint density at radius 2 is 0.743 bits per heavy atom. The minimum atomic E-state index is -2.96. The molecule has 35 heavy (non-hydrogen) atoms. The molecule has 0 aromatic carbocycles. The summed E-state index contributed by atoms with van der Waals surface area (Å²) >= 11 is 0. The first kappa shape index (κ1) is 34.2. The molecule has 0 N–H and O–H groups in total. The molecule has 0 bridgehead atoms. The van der Waals surface area contributed by atoms with Gasteiger partial charge in [-0.2, -0.15) is 0 Å². The van der Waals surface area contributed by atoms with Gasteiger partial charge in [-0.25, -0.2) is 0 Å². The second kappa shape index (κ2) is 22.4. The monoisotopic (exact) mass is 512 g/mol. The third-order valence-corrected chi connectivity index (χ3v) is 11.4. The average molecular weight is 513 g/mol. The molecule has 0 spiro atoms. The largest absolute Gasteiger partial charge is 0.484 e. The van der Waals surface area contributed by atoms with E-state index in [1.807, 2.05) is 27.7 Å². The van der Waals surface area contributed by atoms with Gasteiger partial charge in [-0.15, -0.1) is 0 Å². The normalized spacial score (nSPS) is 11.9. The fourth-order valence-corrected chi connectivity index (χ4v) is 8.01. The second-order valence-corrected chi connectivity index (χ2v) is 15.3. The molecule has 0 aliphatic carbocycles. The van der Waals surface area contributed by atoms with Gasteiger partial charge in [0, 0.05) is 23.9 Å². The predicted octanol–water partition coefficient (Wildman–Crippen LogP) is 10.2. The summed E-state index contributed by atoms with van der Waals surface area (Å²) in [7, 11) is -2.96. The zero-order valence-electron chi connectivity index (χ0n) is 24.4. The number of rotatable bonds is 24. The van der Waals surface area contributed by atoms with E-state index in [0.717, 1.165) is 25.7 Å². The summed E-state index contributed by atoms with van der Waals surface area (Å²) in [5.74, 6) is -0.365. The number of hydrogen-bond acceptors (Lipinski definition) is 4. The Bertz CT molecular complexity index is 472. The summed E-state index contributed by atoms with van der Waals surface area (Å²) < 4.78 is 12.1. The van der Waals surface area contributed by atoms with Gasteiger partial charge in [0.05, 0.1) is 0 Å². The fraction of sp³-hybridized carbons (Fsp3) is 0.933. The maximum Gasteiger partial charge on any atom is 0.469 e. The minimum absolute atomic E-state index is 0.0432. The Hall–Kier alpha value is -0.843. The van der Waals surface area contributed by atoms with Gasteiger partial charge in [0.25, 0.3) is 11.9 Å². The molecule has 0 atom stereocenters. The quantitative estimate of drug-likeness (QED) is 0.0953. The maximum absolute atomic E-state index is 12.7. The Morgan fingerprint density at radius 3 is 1.00 bits per heavy atom. The lowest BCUT2D eigenvalue weighted by atomic mass is 10.1. The van der Waals surface area contributed by atoms with Crippen LogP contribution in [-0.2, 0) is 18.4 Å². The van der Waals surface area contributed by atoms with E-state index >= 15 is 0 Å². The van der Waals surface area contributed by atoms with Crippen molar-refractivity contribution >= 4 is 20.5 Å². The molecule has 0 aliphatic rings. The summed E-state index contributed by atoms with van der Waals surface area (Å²) in [6.45, 7) is 12.6. The van der Waals surface area contributed by atoms with Crippen LogP contribution < -0.4 is 0 Å². The summed E-state index contributed by atoms with van der Waals surface area (Å²) in [4.78, 5) is 25.4. The molecule has 0 saturated carbocycles. The lowest BCUT2D eigenvalue weighted by Crippen LogP contribution is -2.51. The molecule has 4 nitrogen and oxygen atoms in total. The Labute approximate surface area is 220 Å². The van der Waals surface area contributed by atoms with Gasteiger partial charge >= 0.3 is 8.56 Å². The Morgan fingerprint density at radius 1 is 0.486 bits per heavy atom. The third kappa shape index (κ3) is 17.3. The number of carbonyl (C=O) groups excluding carboxylic acids is 2. The lowest BCUT2D eigenvalue weighted by Gasteiger charge is -2.35. The molecule has 0 amide bonds. The zero-order valence-corrected chi connectivity index (χ0v) is 25.4. The van der Waals surface area contributed by atoms with Crippen LogP contribution >= 0.6 is 0 Å². The Balaban J connectivity index is 4.33. The van der Waals surface area contributed by atoms with Crippen LogP contribution in [0.2, 0.25) is 11.1 Å². The lowest BCUT2D eigenvalue weighted by molar-refractivity contribution is -0.142. The highest BCUT2D eigenvalue weighted by atomic mass is 28.4. The zero-order chi connectivity index (χ0) is 26.4. The second-order valence-electron chi connectivity index (χ2n) is 11.1. The van der Waals surface area contributed by atoms with Crippen molar-refractivity contribution in [2.45, 2.75) is 181 Å².